The van der Waals surface area contributed by atoms with Gasteiger partial charge in [-0.1, -0.05) is 12.1 Å². The summed E-state index contributed by atoms with van der Waals surface area (Å²) < 4.78 is 0. The number of carboxylic acids is 1. The van der Waals surface area contributed by atoms with Crippen molar-refractivity contribution in [3.63, 3.8) is 0 Å². The normalized spacial score (nSPS) is 10.9. The van der Waals surface area contributed by atoms with Crippen molar-refractivity contribution in [2.24, 2.45) is 0 Å². The first-order valence-electron chi connectivity index (χ1n) is 7.00. The number of Topliss-reactive ketones (excluding diaryl/α,β-unsaturated/α-hetero) is 1. The molecular weight excluding hydrogens is 280 g/mol. The number of benzene rings is 1. The van der Waals surface area contributed by atoms with E-state index in [0.717, 1.165) is 27.4 Å². The van der Waals surface area contributed by atoms with Crippen molar-refractivity contribution in [2.75, 3.05) is 0 Å². The molecule has 22 heavy (non-hydrogen) atoms. The molecule has 5 nitrogen and oxygen atoms in total. The third-order valence-corrected chi connectivity index (χ3v) is 3.55. The molecule has 2 heterocycles. The number of fused-ring (bicyclic) bond motifs is 3. The van der Waals surface area contributed by atoms with Crippen molar-refractivity contribution >= 4 is 33.6 Å². The van der Waals surface area contributed by atoms with Crippen molar-refractivity contribution in [1.82, 2.24) is 9.97 Å². The Morgan fingerprint density at radius 2 is 1.73 bits per heavy atom. The zero-order chi connectivity index (χ0) is 15.5. The summed E-state index contributed by atoms with van der Waals surface area (Å²) >= 11 is 0. The monoisotopic (exact) mass is 294 g/mol. The zero-order valence-electron chi connectivity index (χ0n) is 11.8. The van der Waals surface area contributed by atoms with Crippen LogP contribution in [0, 0.1) is 0 Å². The van der Waals surface area contributed by atoms with E-state index >= 15 is 0 Å². The fourth-order valence-corrected chi connectivity index (χ4v) is 2.54. The quantitative estimate of drug-likeness (QED) is 0.732. The molecule has 0 aliphatic heterocycles. The van der Waals surface area contributed by atoms with Crippen molar-refractivity contribution in [1.29, 1.82) is 0 Å². The molecule has 0 amide bonds. The second-order valence-corrected chi connectivity index (χ2v) is 5.12. The Labute approximate surface area is 126 Å². The molecule has 5 heteroatoms. The lowest BCUT2D eigenvalue weighted by atomic mass is 9.98. The number of hydrogen-bond acceptors (Lipinski definition) is 4. The Balaban J connectivity index is 2.04. The van der Waals surface area contributed by atoms with Crippen LogP contribution in [0.15, 0.2) is 42.7 Å². The Morgan fingerprint density at radius 1 is 1.00 bits per heavy atom. The van der Waals surface area contributed by atoms with Gasteiger partial charge >= 0.3 is 5.97 Å². The van der Waals surface area contributed by atoms with E-state index in [1.54, 1.807) is 12.4 Å². The maximum absolute atomic E-state index is 12.0. The number of carbonyl (C=O) groups is 2. The summed E-state index contributed by atoms with van der Waals surface area (Å²) in [5.41, 5.74) is 2.43. The van der Waals surface area contributed by atoms with Gasteiger partial charge in [0.25, 0.3) is 0 Å². The summed E-state index contributed by atoms with van der Waals surface area (Å²) in [6.07, 6.45) is 3.53. The fraction of sp³-hybridized carbons (Fsp3) is 0.176. The molecule has 0 bridgehead atoms. The summed E-state index contributed by atoms with van der Waals surface area (Å²) in [5, 5.41) is 10.5. The van der Waals surface area contributed by atoms with Crippen LogP contribution >= 0.6 is 0 Å². The third kappa shape index (κ3) is 2.79. The maximum Gasteiger partial charge on any atom is 0.303 e. The Kier molecular flexibility index (Phi) is 3.78. The molecular formula is C17H14N2O3. The number of nitrogens with zero attached hydrogens (tertiary/aromatic N) is 2. The highest BCUT2D eigenvalue weighted by molar-refractivity contribution is 6.05. The molecule has 1 aromatic carbocycles. The van der Waals surface area contributed by atoms with E-state index in [0.29, 0.717) is 0 Å². The van der Waals surface area contributed by atoms with E-state index in [2.05, 4.69) is 9.97 Å². The molecule has 2 aromatic heterocycles. The van der Waals surface area contributed by atoms with E-state index in [-0.39, 0.29) is 25.0 Å². The van der Waals surface area contributed by atoms with Gasteiger partial charge in [0.05, 0.1) is 17.5 Å². The lowest BCUT2D eigenvalue weighted by Crippen LogP contribution is -2.07. The average molecular weight is 294 g/mol. The lowest BCUT2D eigenvalue weighted by molar-refractivity contribution is -0.138. The molecule has 1 N–H and O–H groups in total. The smallest absolute Gasteiger partial charge is 0.303 e. The Morgan fingerprint density at radius 3 is 2.50 bits per heavy atom. The summed E-state index contributed by atoms with van der Waals surface area (Å²) in [5.74, 6) is -1.04. The van der Waals surface area contributed by atoms with Gasteiger partial charge in [-0.25, -0.2) is 0 Å². The highest BCUT2D eigenvalue weighted by Gasteiger charge is 2.12. The second-order valence-electron chi connectivity index (χ2n) is 5.12. The summed E-state index contributed by atoms with van der Waals surface area (Å²) in [6, 6.07) is 9.44. The van der Waals surface area contributed by atoms with E-state index in [1.807, 2.05) is 30.3 Å². The number of carboxylic acid groups (broad SMARTS) is 1. The van der Waals surface area contributed by atoms with Crippen LogP contribution < -0.4 is 0 Å². The molecule has 0 fully saturated rings. The van der Waals surface area contributed by atoms with Crippen molar-refractivity contribution in [3.8, 4) is 0 Å². The minimum atomic E-state index is -0.956. The SMILES string of the molecule is O=C(O)CCC(=O)Cc1cc2cccnc2c2ncccc12. The van der Waals surface area contributed by atoms with Gasteiger partial charge in [0, 0.05) is 36.0 Å². The number of rotatable bonds is 5. The molecule has 110 valence electrons. The number of ketones is 1. The molecule has 0 unspecified atom stereocenters. The fourth-order valence-electron chi connectivity index (χ4n) is 2.54. The van der Waals surface area contributed by atoms with Crippen LogP contribution in [0.4, 0.5) is 0 Å². The molecule has 0 aliphatic carbocycles. The summed E-state index contributed by atoms with van der Waals surface area (Å²) in [4.78, 5) is 31.3. The Bertz CT molecular complexity index is 874. The van der Waals surface area contributed by atoms with Gasteiger partial charge in [0.2, 0.25) is 0 Å². The minimum absolute atomic E-state index is 0.0438. The molecule has 0 saturated carbocycles. The number of aromatic nitrogens is 2. The molecule has 0 radical (unpaired) electrons. The first-order chi connectivity index (χ1) is 10.6. The van der Waals surface area contributed by atoms with Crippen LogP contribution in [0.2, 0.25) is 0 Å². The van der Waals surface area contributed by atoms with E-state index < -0.39 is 5.97 Å². The maximum atomic E-state index is 12.0. The van der Waals surface area contributed by atoms with Gasteiger partial charge in [-0.3, -0.25) is 19.6 Å². The predicted molar refractivity (Wildman–Crippen MR) is 82.6 cm³/mol. The molecule has 3 rings (SSSR count). The number of pyridine rings is 2. The first kappa shape index (κ1) is 14.1. The van der Waals surface area contributed by atoms with Crippen LogP contribution in [0.25, 0.3) is 21.8 Å². The standard InChI is InChI=1S/C17H14N2O3/c20-13(5-6-15(21)22)10-12-9-11-3-1-7-18-16(11)17-14(12)4-2-8-19-17/h1-4,7-9H,5-6,10H2,(H,21,22). The van der Waals surface area contributed by atoms with Gasteiger partial charge < -0.3 is 5.11 Å². The number of aliphatic carboxylic acids is 1. The molecule has 0 saturated heterocycles. The molecule has 0 spiro atoms. The van der Waals surface area contributed by atoms with Gasteiger partial charge in [0.15, 0.2) is 0 Å². The van der Waals surface area contributed by atoms with Crippen LogP contribution in [0.1, 0.15) is 18.4 Å². The van der Waals surface area contributed by atoms with Crippen molar-refractivity contribution in [3.05, 3.63) is 48.3 Å². The lowest BCUT2D eigenvalue weighted by Gasteiger charge is -2.08. The summed E-state index contributed by atoms with van der Waals surface area (Å²) in [7, 11) is 0. The molecule has 0 aliphatic rings. The van der Waals surface area contributed by atoms with Crippen molar-refractivity contribution in [2.45, 2.75) is 19.3 Å². The van der Waals surface area contributed by atoms with Gasteiger partial charge in [-0.2, -0.15) is 0 Å². The van der Waals surface area contributed by atoms with E-state index in [9.17, 15) is 9.59 Å². The number of hydrogen-bond donors (Lipinski definition) is 1. The topological polar surface area (TPSA) is 80.1 Å². The first-order valence-corrected chi connectivity index (χ1v) is 7.00. The predicted octanol–water partition coefficient (Wildman–Crippen LogP) is 2.76. The third-order valence-electron chi connectivity index (χ3n) is 3.55. The highest BCUT2D eigenvalue weighted by Crippen LogP contribution is 2.26. The van der Waals surface area contributed by atoms with Crippen LogP contribution in [0.3, 0.4) is 0 Å². The highest BCUT2D eigenvalue weighted by atomic mass is 16.4. The van der Waals surface area contributed by atoms with Gasteiger partial charge in [-0.05, 0) is 23.8 Å². The second kappa shape index (κ2) is 5.89. The zero-order valence-corrected chi connectivity index (χ0v) is 11.8. The van der Waals surface area contributed by atoms with Crippen molar-refractivity contribution < 1.29 is 14.7 Å². The van der Waals surface area contributed by atoms with Gasteiger partial charge in [-0.15, -0.1) is 0 Å². The van der Waals surface area contributed by atoms with Crippen LogP contribution in [-0.2, 0) is 16.0 Å². The van der Waals surface area contributed by atoms with Gasteiger partial charge in [0.1, 0.15) is 5.78 Å². The largest absolute Gasteiger partial charge is 0.481 e. The molecule has 3 aromatic rings. The van der Waals surface area contributed by atoms with E-state index in [4.69, 9.17) is 5.11 Å². The number of carbonyl (C=O) groups excluding carboxylic acids is 1. The molecule has 0 atom stereocenters. The average Bonchev–Trinajstić information content (AvgIpc) is 2.53. The minimum Gasteiger partial charge on any atom is -0.481 e. The van der Waals surface area contributed by atoms with E-state index in [1.165, 1.54) is 0 Å². The Hall–Kier alpha value is -2.82. The van der Waals surface area contributed by atoms with Crippen LogP contribution in [0.5, 0.6) is 0 Å². The van der Waals surface area contributed by atoms with Crippen LogP contribution in [-0.4, -0.2) is 26.8 Å². The summed E-state index contributed by atoms with van der Waals surface area (Å²) in [6.45, 7) is 0.